The molecule has 1 heterocycles. The van der Waals surface area contributed by atoms with Crippen LogP contribution in [0.25, 0.3) is 0 Å². The van der Waals surface area contributed by atoms with Crippen LogP contribution in [0.5, 0.6) is 0 Å². The van der Waals surface area contributed by atoms with Crippen LogP contribution >= 0.6 is 0 Å². The van der Waals surface area contributed by atoms with Gasteiger partial charge in [-0.3, -0.25) is 4.79 Å². The van der Waals surface area contributed by atoms with Gasteiger partial charge >= 0.3 is 12.0 Å². The predicted octanol–water partition coefficient (Wildman–Crippen LogP) is 0.604. The third kappa shape index (κ3) is 2.93. The lowest BCUT2D eigenvalue weighted by atomic mass is 10.0. The van der Waals surface area contributed by atoms with Crippen LogP contribution in [0.3, 0.4) is 0 Å². The van der Waals surface area contributed by atoms with Gasteiger partial charge in [0.1, 0.15) is 0 Å². The van der Waals surface area contributed by atoms with Crippen LogP contribution in [0.2, 0.25) is 0 Å². The Hall–Kier alpha value is -1.30. The zero-order valence-electron chi connectivity index (χ0n) is 11.2. The summed E-state index contributed by atoms with van der Waals surface area (Å²) in [4.78, 5) is 26.5. The predicted molar refractivity (Wildman–Crippen MR) is 66.2 cm³/mol. The lowest BCUT2D eigenvalue weighted by Gasteiger charge is -2.33. The molecule has 0 aliphatic carbocycles. The Morgan fingerprint density at radius 1 is 1.44 bits per heavy atom. The quantitative estimate of drug-likeness (QED) is 0.774. The lowest BCUT2D eigenvalue weighted by Crippen LogP contribution is -2.49. The van der Waals surface area contributed by atoms with Crippen molar-refractivity contribution in [2.24, 2.45) is 5.92 Å². The maximum Gasteiger partial charge on any atom is 0.320 e. The molecule has 0 aromatic rings. The highest BCUT2D eigenvalue weighted by atomic mass is 16.4. The smallest absolute Gasteiger partial charge is 0.320 e. The minimum Gasteiger partial charge on any atom is -0.481 e. The monoisotopic (exact) mass is 258 g/mol. The van der Waals surface area contributed by atoms with Crippen molar-refractivity contribution in [2.45, 2.75) is 39.3 Å². The van der Waals surface area contributed by atoms with Crippen LogP contribution in [0.15, 0.2) is 0 Å². The minimum absolute atomic E-state index is 0.0132. The molecule has 0 spiro atoms. The first-order valence-electron chi connectivity index (χ1n) is 6.31. The van der Waals surface area contributed by atoms with Gasteiger partial charge in [-0.2, -0.15) is 0 Å². The number of rotatable bonds is 4. The summed E-state index contributed by atoms with van der Waals surface area (Å²) in [5.74, 6) is -1.34. The molecule has 0 bridgehead atoms. The van der Waals surface area contributed by atoms with E-state index >= 15 is 0 Å². The summed E-state index contributed by atoms with van der Waals surface area (Å²) in [7, 11) is 0. The molecule has 1 aliphatic heterocycles. The van der Waals surface area contributed by atoms with Crippen molar-refractivity contribution in [2.75, 3.05) is 19.7 Å². The molecule has 0 radical (unpaired) electrons. The third-order valence-corrected chi connectivity index (χ3v) is 3.53. The van der Waals surface area contributed by atoms with Crippen molar-refractivity contribution in [1.29, 1.82) is 0 Å². The normalized spacial score (nSPS) is 23.5. The maximum absolute atomic E-state index is 12.3. The molecule has 0 aromatic heterocycles. The van der Waals surface area contributed by atoms with Gasteiger partial charge in [-0.1, -0.05) is 0 Å². The fourth-order valence-corrected chi connectivity index (χ4v) is 2.39. The largest absolute Gasteiger partial charge is 0.481 e. The second-order valence-corrected chi connectivity index (χ2v) is 4.96. The lowest BCUT2D eigenvalue weighted by molar-refractivity contribution is -0.142. The van der Waals surface area contributed by atoms with Crippen molar-refractivity contribution < 1.29 is 19.8 Å². The Morgan fingerprint density at radius 2 is 2.06 bits per heavy atom. The molecule has 2 N–H and O–H groups in total. The summed E-state index contributed by atoms with van der Waals surface area (Å²) in [5.41, 5.74) is 0. The van der Waals surface area contributed by atoms with Crippen molar-refractivity contribution in [1.82, 2.24) is 9.80 Å². The van der Waals surface area contributed by atoms with Gasteiger partial charge in [0, 0.05) is 25.2 Å². The molecule has 2 unspecified atom stereocenters. The first-order valence-corrected chi connectivity index (χ1v) is 6.31. The van der Waals surface area contributed by atoms with E-state index in [0.717, 1.165) is 0 Å². The summed E-state index contributed by atoms with van der Waals surface area (Å²) >= 11 is 0. The topological polar surface area (TPSA) is 81.1 Å². The average Bonchev–Trinajstić information content (AvgIpc) is 2.66. The number of carboxylic acids is 1. The van der Waals surface area contributed by atoms with Crippen LogP contribution in [-0.2, 0) is 4.79 Å². The van der Waals surface area contributed by atoms with E-state index in [4.69, 9.17) is 10.2 Å². The van der Waals surface area contributed by atoms with E-state index in [2.05, 4.69) is 0 Å². The first kappa shape index (κ1) is 14.8. The molecule has 104 valence electrons. The molecule has 0 aromatic carbocycles. The number of urea groups is 1. The summed E-state index contributed by atoms with van der Waals surface area (Å²) in [6.07, 6.45) is 0.493. The van der Waals surface area contributed by atoms with Crippen LogP contribution < -0.4 is 0 Å². The van der Waals surface area contributed by atoms with Crippen LogP contribution in [0, 0.1) is 5.92 Å². The number of likely N-dealkylation sites (tertiary alicyclic amines) is 1. The highest BCUT2D eigenvalue weighted by Gasteiger charge is 2.39. The number of nitrogens with zero attached hydrogens (tertiary/aromatic N) is 2. The van der Waals surface area contributed by atoms with E-state index in [1.807, 2.05) is 13.8 Å². The molecular formula is C12H22N2O4. The maximum atomic E-state index is 12.3. The van der Waals surface area contributed by atoms with Gasteiger partial charge < -0.3 is 20.0 Å². The number of hydrogen-bond donors (Lipinski definition) is 2. The summed E-state index contributed by atoms with van der Waals surface area (Å²) in [5, 5.41) is 18.0. The van der Waals surface area contributed by atoms with Crippen LogP contribution in [0.4, 0.5) is 4.79 Å². The number of aliphatic hydroxyl groups excluding tert-OH is 1. The molecule has 1 saturated heterocycles. The standard InChI is InChI=1S/C12H22N2O4/c1-8(2)13(6-7-15)12(18)14-5-4-10(9(14)3)11(16)17/h8-10,15H,4-7H2,1-3H3,(H,16,17). The van der Waals surface area contributed by atoms with Gasteiger partial charge in [-0.25, -0.2) is 4.79 Å². The van der Waals surface area contributed by atoms with E-state index in [-0.39, 0.29) is 31.3 Å². The van der Waals surface area contributed by atoms with E-state index in [1.165, 1.54) is 0 Å². The summed E-state index contributed by atoms with van der Waals surface area (Å²) in [6, 6.07) is -0.494. The minimum atomic E-state index is -0.851. The van der Waals surface area contributed by atoms with Gasteiger partial charge in [0.05, 0.1) is 12.5 Å². The van der Waals surface area contributed by atoms with Crippen molar-refractivity contribution in [3.63, 3.8) is 0 Å². The Kier molecular flexibility index (Phi) is 4.95. The Morgan fingerprint density at radius 3 is 2.44 bits per heavy atom. The highest BCUT2D eigenvalue weighted by molar-refractivity contribution is 5.78. The second kappa shape index (κ2) is 6.04. The molecule has 0 saturated carbocycles. The van der Waals surface area contributed by atoms with Crippen molar-refractivity contribution >= 4 is 12.0 Å². The van der Waals surface area contributed by atoms with Gasteiger partial charge in [-0.15, -0.1) is 0 Å². The van der Waals surface area contributed by atoms with Gasteiger partial charge in [0.2, 0.25) is 0 Å². The average molecular weight is 258 g/mol. The number of hydrogen-bond acceptors (Lipinski definition) is 3. The molecule has 18 heavy (non-hydrogen) atoms. The van der Waals surface area contributed by atoms with Crippen LogP contribution in [0.1, 0.15) is 27.2 Å². The zero-order valence-corrected chi connectivity index (χ0v) is 11.2. The number of carbonyl (C=O) groups excluding carboxylic acids is 1. The fourth-order valence-electron chi connectivity index (χ4n) is 2.39. The van der Waals surface area contributed by atoms with Gasteiger partial charge in [0.25, 0.3) is 0 Å². The second-order valence-electron chi connectivity index (χ2n) is 4.96. The summed E-state index contributed by atoms with van der Waals surface area (Å²) in [6.45, 7) is 6.17. The number of amides is 2. The zero-order chi connectivity index (χ0) is 13.9. The van der Waals surface area contributed by atoms with E-state index in [9.17, 15) is 9.59 Å². The number of aliphatic hydroxyl groups is 1. The summed E-state index contributed by atoms with van der Waals surface area (Å²) < 4.78 is 0. The van der Waals surface area contributed by atoms with Crippen molar-refractivity contribution in [3.8, 4) is 0 Å². The third-order valence-electron chi connectivity index (χ3n) is 3.53. The Labute approximate surface area is 107 Å². The molecule has 1 rings (SSSR count). The molecule has 2 atom stereocenters. The van der Waals surface area contributed by atoms with E-state index < -0.39 is 11.9 Å². The molecule has 6 nitrogen and oxygen atoms in total. The van der Waals surface area contributed by atoms with Crippen molar-refractivity contribution in [3.05, 3.63) is 0 Å². The fraction of sp³-hybridized carbons (Fsp3) is 0.833. The number of carboxylic acid groups (broad SMARTS) is 1. The number of carbonyl (C=O) groups is 2. The Balaban J connectivity index is 2.75. The van der Waals surface area contributed by atoms with Gasteiger partial charge in [-0.05, 0) is 27.2 Å². The molecule has 1 aliphatic rings. The first-order chi connectivity index (χ1) is 8.40. The molecule has 2 amide bonds. The van der Waals surface area contributed by atoms with Gasteiger partial charge in [0.15, 0.2) is 0 Å². The van der Waals surface area contributed by atoms with E-state index in [0.29, 0.717) is 13.0 Å². The Bertz CT molecular complexity index is 319. The van der Waals surface area contributed by atoms with Crippen LogP contribution in [-0.4, -0.2) is 63.8 Å². The molecular weight excluding hydrogens is 236 g/mol. The SMILES string of the molecule is CC(C)N(CCO)C(=O)N1CCC(C(=O)O)C1C. The highest BCUT2D eigenvalue weighted by Crippen LogP contribution is 2.25. The molecule has 6 heteroatoms. The molecule has 1 fully saturated rings. The number of aliphatic carboxylic acids is 1. The van der Waals surface area contributed by atoms with E-state index in [1.54, 1.807) is 16.7 Å².